The second-order valence-corrected chi connectivity index (χ2v) is 5.44. The molecule has 0 aliphatic heterocycles. The van der Waals surface area contributed by atoms with E-state index in [-0.39, 0.29) is 0 Å². The summed E-state index contributed by atoms with van der Waals surface area (Å²) in [6, 6.07) is 4.57. The van der Waals surface area contributed by atoms with E-state index in [2.05, 4.69) is 44.1 Å². The van der Waals surface area contributed by atoms with Gasteiger partial charge in [0.05, 0.1) is 0 Å². The molecule has 1 rings (SSSR count). The molecule has 1 N–H and O–H groups in total. The first-order chi connectivity index (χ1) is 7.69. The summed E-state index contributed by atoms with van der Waals surface area (Å²) in [5, 5.41) is 5.24. The van der Waals surface area contributed by atoms with Crippen molar-refractivity contribution in [2.24, 2.45) is 0 Å². The zero-order chi connectivity index (χ0) is 12.0. The van der Waals surface area contributed by atoms with Crippen molar-refractivity contribution in [3.8, 4) is 0 Å². The third-order valence-electron chi connectivity index (χ3n) is 2.67. The van der Waals surface area contributed by atoms with Gasteiger partial charge in [0.15, 0.2) is 0 Å². The molecule has 1 aromatic rings. The molecule has 2 nitrogen and oxygen atoms in total. The smallest absolute Gasteiger partial charge is 0.101 e. The molecule has 2 atom stereocenters. The summed E-state index contributed by atoms with van der Waals surface area (Å²) in [6.45, 7) is 9.79. The van der Waals surface area contributed by atoms with Crippen molar-refractivity contribution in [1.82, 2.24) is 10.3 Å². The highest BCUT2D eigenvalue weighted by Crippen LogP contribution is 2.29. The van der Waals surface area contributed by atoms with Gasteiger partial charge in [0.1, 0.15) is 5.03 Å². The molecule has 2 unspecified atom stereocenters. The molecule has 0 aliphatic rings. The van der Waals surface area contributed by atoms with Gasteiger partial charge >= 0.3 is 0 Å². The van der Waals surface area contributed by atoms with Crippen LogP contribution in [0.5, 0.6) is 0 Å². The molecule has 90 valence electrons. The van der Waals surface area contributed by atoms with Crippen LogP contribution in [0.15, 0.2) is 23.4 Å². The van der Waals surface area contributed by atoms with Crippen LogP contribution in [0.25, 0.3) is 0 Å². The molecule has 1 heterocycles. The number of thioether (sulfide) groups is 1. The fourth-order valence-corrected chi connectivity index (χ4v) is 2.57. The number of hydrogen-bond donors (Lipinski definition) is 1. The van der Waals surface area contributed by atoms with Gasteiger partial charge in [-0.1, -0.05) is 26.8 Å². The lowest BCUT2D eigenvalue weighted by Gasteiger charge is -2.17. The van der Waals surface area contributed by atoms with E-state index >= 15 is 0 Å². The Balaban J connectivity index is 2.82. The maximum atomic E-state index is 4.49. The van der Waals surface area contributed by atoms with Crippen LogP contribution in [0, 0.1) is 0 Å². The Labute approximate surface area is 103 Å². The van der Waals surface area contributed by atoms with Gasteiger partial charge in [0, 0.05) is 23.1 Å². The van der Waals surface area contributed by atoms with Crippen LogP contribution in [-0.4, -0.2) is 16.8 Å². The van der Waals surface area contributed by atoms with Crippen molar-refractivity contribution in [3.05, 3.63) is 23.9 Å². The Kier molecular flexibility index (Phi) is 5.85. The Morgan fingerprint density at radius 2 is 2.12 bits per heavy atom. The van der Waals surface area contributed by atoms with Crippen LogP contribution in [0.3, 0.4) is 0 Å². The third kappa shape index (κ3) is 3.80. The van der Waals surface area contributed by atoms with Crippen molar-refractivity contribution in [2.75, 3.05) is 6.54 Å². The first kappa shape index (κ1) is 13.5. The number of pyridine rings is 1. The second kappa shape index (κ2) is 6.92. The van der Waals surface area contributed by atoms with Gasteiger partial charge in [-0.25, -0.2) is 4.98 Å². The molecular formula is C13H22N2S. The van der Waals surface area contributed by atoms with Crippen molar-refractivity contribution >= 4 is 11.8 Å². The van der Waals surface area contributed by atoms with Crippen LogP contribution in [-0.2, 0) is 0 Å². The second-order valence-electron chi connectivity index (χ2n) is 4.01. The molecule has 0 saturated carbocycles. The Morgan fingerprint density at radius 1 is 1.38 bits per heavy atom. The molecule has 3 heteroatoms. The van der Waals surface area contributed by atoms with Gasteiger partial charge in [-0.05, 0) is 26.0 Å². The molecule has 0 fully saturated rings. The van der Waals surface area contributed by atoms with Crippen molar-refractivity contribution in [3.63, 3.8) is 0 Å². The molecular weight excluding hydrogens is 216 g/mol. The van der Waals surface area contributed by atoms with Crippen LogP contribution < -0.4 is 5.32 Å². The molecule has 0 spiro atoms. The van der Waals surface area contributed by atoms with Gasteiger partial charge in [0.2, 0.25) is 0 Å². The van der Waals surface area contributed by atoms with E-state index in [0.717, 1.165) is 6.54 Å². The van der Waals surface area contributed by atoms with Crippen LogP contribution in [0.2, 0.25) is 0 Å². The van der Waals surface area contributed by atoms with Crippen LogP contribution in [0.1, 0.15) is 45.7 Å². The first-order valence-electron chi connectivity index (χ1n) is 6.04. The van der Waals surface area contributed by atoms with Crippen molar-refractivity contribution in [2.45, 2.75) is 50.4 Å². The zero-order valence-electron chi connectivity index (χ0n) is 10.7. The SMILES string of the molecule is CCNC(C)c1cccnc1SC(C)CC. The summed E-state index contributed by atoms with van der Waals surface area (Å²) in [6.07, 6.45) is 3.06. The Bertz CT molecular complexity index is 315. The minimum Gasteiger partial charge on any atom is -0.310 e. The number of hydrogen-bond acceptors (Lipinski definition) is 3. The molecule has 0 aliphatic carbocycles. The van der Waals surface area contributed by atoms with Gasteiger partial charge in [-0.3, -0.25) is 0 Å². The molecule has 1 aromatic heterocycles. The van der Waals surface area contributed by atoms with E-state index in [9.17, 15) is 0 Å². The largest absolute Gasteiger partial charge is 0.310 e. The lowest BCUT2D eigenvalue weighted by Crippen LogP contribution is -2.18. The Morgan fingerprint density at radius 3 is 2.75 bits per heavy atom. The summed E-state index contributed by atoms with van der Waals surface area (Å²) in [4.78, 5) is 4.49. The molecule has 0 amide bonds. The van der Waals surface area contributed by atoms with E-state index in [1.165, 1.54) is 17.0 Å². The summed E-state index contributed by atoms with van der Waals surface area (Å²) in [5.41, 5.74) is 1.31. The minimum atomic E-state index is 0.380. The average Bonchev–Trinajstić information content (AvgIpc) is 2.30. The van der Waals surface area contributed by atoms with Crippen LogP contribution in [0.4, 0.5) is 0 Å². The van der Waals surface area contributed by atoms with Crippen molar-refractivity contribution in [1.29, 1.82) is 0 Å². The summed E-state index contributed by atoms with van der Waals surface area (Å²) in [5.74, 6) is 0. The quantitative estimate of drug-likeness (QED) is 0.766. The van der Waals surface area contributed by atoms with E-state index in [4.69, 9.17) is 0 Å². The van der Waals surface area contributed by atoms with E-state index in [1.54, 1.807) is 0 Å². The van der Waals surface area contributed by atoms with E-state index in [0.29, 0.717) is 11.3 Å². The fraction of sp³-hybridized carbons (Fsp3) is 0.615. The van der Waals surface area contributed by atoms with Crippen LogP contribution >= 0.6 is 11.8 Å². The predicted molar refractivity (Wildman–Crippen MR) is 71.9 cm³/mol. The predicted octanol–water partition coefficient (Wildman–Crippen LogP) is 3.64. The standard InChI is InChI=1S/C13H22N2S/c1-5-10(3)16-13-12(8-7-9-15-13)11(4)14-6-2/h7-11,14H,5-6H2,1-4H3. The summed E-state index contributed by atoms with van der Waals surface area (Å²) >= 11 is 1.87. The number of aromatic nitrogens is 1. The lowest BCUT2D eigenvalue weighted by molar-refractivity contribution is 0.585. The average molecular weight is 238 g/mol. The highest BCUT2D eigenvalue weighted by Gasteiger charge is 2.12. The molecule has 0 aromatic carbocycles. The normalized spacial score (nSPS) is 14.8. The maximum Gasteiger partial charge on any atom is 0.101 e. The zero-order valence-corrected chi connectivity index (χ0v) is 11.5. The lowest BCUT2D eigenvalue weighted by atomic mass is 10.1. The van der Waals surface area contributed by atoms with E-state index < -0.39 is 0 Å². The Hall–Kier alpha value is -0.540. The fourth-order valence-electron chi connectivity index (χ4n) is 1.52. The summed E-state index contributed by atoms with van der Waals surface area (Å²) in [7, 11) is 0. The molecule has 16 heavy (non-hydrogen) atoms. The van der Waals surface area contributed by atoms with Gasteiger partial charge < -0.3 is 5.32 Å². The van der Waals surface area contributed by atoms with Gasteiger partial charge in [0.25, 0.3) is 0 Å². The minimum absolute atomic E-state index is 0.380. The van der Waals surface area contributed by atoms with E-state index in [1.807, 2.05) is 24.0 Å². The monoisotopic (exact) mass is 238 g/mol. The molecule has 0 bridgehead atoms. The highest BCUT2D eigenvalue weighted by molar-refractivity contribution is 7.99. The third-order valence-corrected chi connectivity index (χ3v) is 3.97. The number of nitrogens with one attached hydrogen (secondary N) is 1. The highest BCUT2D eigenvalue weighted by atomic mass is 32.2. The number of rotatable bonds is 6. The van der Waals surface area contributed by atoms with Gasteiger partial charge in [-0.15, -0.1) is 11.8 Å². The number of nitrogens with zero attached hydrogens (tertiary/aromatic N) is 1. The molecule has 0 saturated heterocycles. The van der Waals surface area contributed by atoms with Gasteiger partial charge in [-0.2, -0.15) is 0 Å². The first-order valence-corrected chi connectivity index (χ1v) is 6.91. The maximum absolute atomic E-state index is 4.49. The van der Waals surface area contributed by atoms with Crippen molar-refractivity contribution < 1.29 is 0 Å². The molecule has 0 radical (unpaired) electrons. The topological polar surface area (TPSA) is 24.9 Å². The summed E-state index contributed by atoms with van der Waals surface area (Å²) < 4.78 is 0.